The monoisotopic (exact) mass is 414 g/mol. The minimum atomic E-state index is -4.57. The van der Waals surface area contributed by atoms with Crippen LogP contribution < -0.4 is 4.18 Å². The van der Waals surface area contributed by atoms with Gasteiger partial charge in [0.2, 0.25) is 0 Å². The second-order valence-corrected chi connectivity index (χ2v) is 9.19. The Kier molecular flexibility index (Phi) is 12.2. The van der Waals surface area contributed by atoms with Gasteiger partial charge < -0.3 is 9.29 Å². The Morgan fingerprint density at radius 3 is 1.82 bits per heavy atom. The topological polar surface area (TPSA) is 83.8 Å². The Hall–Kier alpha value is -1.27. The van der Waals surface area contributed by atoms with Gasteiger partial charge in [-0.05, 0) is 36.5 Å². The predicted molar refractivity (Wildman–Crippen MR) is 114 cm³/mol. The van der Waals surface area contributed by atoms with Crippen LogP contribution in [0.5, 0.6) is 11.5 Å². The zero-order valence-corrected chi connectivity index (χ0v) is 18.3. The van der Waals surface area contributed by atoms with Gasteiger partial charge in [-0.25, -0.2) is 0 Å². The van der Waals surface area contributed by atoms with E-state index in [-0.39, 0.29) is 11.5 Å². The maximum absolute atomic E-state index is 10.8. The average molecular weight is 415 g/mol. The molecule has 0 aliphatic carbocycles. The van der Waals surface area contributed by atoms with Crippen molar-refractivity contribution in [1.29, 1.82) is 0 Å². The lowest BCUT2D eigenvalue weighted by Crippen LogP contribution is -2.06. The first-order valence-corrected chi connectivity index (χ1v) is 12.1. The number of aromatic hydroxyl groups is 1. The smallest absolute Gasteiger partial charge is 0.446 e. The molecule has 0 unspecified atom stereocenters. The quantitative estimate of drug-likeness (QED) is 0.240. The van der Waals surface area contributed by atoms with Gasteiger partial charge in [-0.15, -0.1) is 0 Å². The fraction of sp³-hybridized carbons (Fsp3) is 0.727. The molecule has 0 aliphatic rings. The van der Waals surface area contributed by atoms with E-state index in [9.17, 15) is 13.5 Å². The van der Waals surface area contributed by atoms with E-state index >= 15 is 0 Å². The number of benzene rings is 1. The summed E-state index contributed by atoms with van der Waals surface area (Å²) in [4.78, 5) is 0. The molecule has 5 nitrogen and oxygen atoms in total. The molecule has 1 rings (SSSR count). The van der Waals surface area contributed by atoms with Crippen molar-refractivity contribution in [2.24, 2.45) is 5.92 Å². The number of aryl methyl sites for hydroxylation is 1. The van der Waals surface area contributed by atoms with E-state index in [1.54, 1.807) is 6.07 Å². The number of phenolic OH excluding ortho intramolecular Hbond substituents is 1. The molecule has 0 bridgehead atoms. The number of phenols is 1. The summed E-state index contributed by atoms with van der Waals surface area (Å²) >= 11 is 0. The fourth-order valence-corrected chi connectivity index (χ4v) is 3.77. The molecule has 1 aromatic rings. The third-order valence-corrected chi connectivity index (χ3v) is 5.30. The lowest BCUT2D eigenvalue weighted by atomic mass is 10.0. The highest BCUT2D eigenvalue weighted by molar-refractivity contribution is 7.81. The van der Waals surface area contributed by atoms with Crippen molar-refractivity contribution in [3.05, 3.63) is 23.8 Å². The first kappa shape index (κ1) is 24.8. The average Bonchev–Trinajstić information content (AvgIpc) is 2.56. The number of rotatable bonds is 16. The van der Waals surface area contributed by atoms with Crippen LogP contribution in [-0.4, -0.2) is 18.1 Å². The van der Waals surface area contributed by atoms with E-state index in [1.165, 1.54) is 76.3 Å². The fourth-order valence-electron chi connectivity index (χ4n) is 3.43. The predicted octanol–water partition coefficient (Wildman–Crippen LogP) is 6.45. The summed E-state index contributed by atoms with van der Waals surface area (Å²) in [6.45, 7) is 4.58. The maximum Gasteiger partial charge on any atom is 0.446 e. The zero-order valence-electron chi connectivity index (χ0n) is 17.5. The summed E-state index contributed by atoms with van der Waals surface area (Å²) in [5.41, 5.74) is 0.802. The zero-order chi connectivity index (χ0) is 20.8. The van der Waals surface area contributed by atoms with Gasteiger partial charge in [0.1, 0.15) is 11.5 Å². The number of hydrogen-bond acceptors (Lipinski definition) is 4. The van der Waals surface area contributed by atoms with Crippen LogP contribution in [0.2, 0.25) is 0 Å². The van der Waals surface area contributed by atoms with Crippen molar-refractivity contribution in [3.8, 4) is 11.5 Å². The summed E-state index contributed by atoms with van der Waals surface area (Å²) in [7, 11) is -4.57. The van der Waals surface area contributed by atoms with Gasteiger partial charge in [0, 0.05) is 6.07 Å². The summed E-state index contributed by atoms with van der Waals surface area (Å²) in [6.07, 6.45) is 16.1. The lowest BCUT2D eigenvalue weighted by Gasteiger charge is -2.07. The van der Waals surface area contributed by atoms with Crippen LogP contribution in [0, 0.1) is 5.92 Å². The van der Waals surface area contributed by atoms with Gasteiger partial charge in [0.25, 0.3) is 0 Å². The molecule has 0 amide bonds. The van der Waals surface area contributed by atoms with Crippen LogP contribution in [0.1, 0.15) is 96.5 Å². The largest absolute Gasteiger partial charge is 0.508 e. The van der Waals surface area contributed by atoms with E-state index in [4.69, 9.17) is 4.55 Å². The number of hydrogen-bond donors (Lipinski definition) is 2. The van der Waals surface area contributed by atoms with Crippen LogP contribution >= 0.6 is 0 Å². The molecule has 162 valence electrons. The minimum Gasteiger partial charge on any atom is -0.508 e. The Morgan fingerprint density at radius 1 is 0.821 bits per heavy atom. The molecule has 0 atom stereocenters. The van der Waals surface area contributed by atoms with E-state index in [0.717, 1.165) is 30.7 Å². The van der Waals surface area contributed by atoms with Gasteiger partial charge in [0.15, 0.2) is 0 Å². The highest BCUT2D eigenvalue weighted by Gasteiger charge is 2.09. The highest BCUT2D eigenvalue weighted by atomic mass is 32.3. The van der Waals surface area contributed by atoms with Crippen LogP contribution in [-0.2, 0) is 16.8 Å². The second-order valence-electron chi connectivity index (χ2n) is 8.17. The summed E-state index contributed by atoms with van der Waals surface area (Å²) in [5, 5.41) is 9.65. The van der Waals surface area contributed by atoms with Gasteiger partial charge in [-0.1, -0.05) is 84.5 Å². The first-order chi connectivity index (χ1) is 13.3. The van der Waals surface area contributed by atoms with E-state index in [2.05, 4.69) is 18.0 Å². The normalized spacial score (nSPS) is 11.9. The molecule has 6 heteroatoms. The van der Waals surface area contributed by atoms with Crippen molar-refractivity contribution < 1.29 is 22.3 Å². The lowest BCUT2D eigenvalue weighted by molar-refractivity contribution is 0.385. The molecular formula is C22H38O5S. The number of unbranched alkanes of at least 4 members (excludes halogenated alkanes) is 10. The molecule has 0 saturated heterocycles. The van der Waals surface area contributed by atoms with Crippen LogP contribution in [0.3, 0.4) is 0 Å². The van der Waals surface area contributed by atoms with Crippen molar-refractivity contribution in [2.75, 3.05) is 0 Å². The molecule has 2 N–H and O–H groups in total. The molecule has 0 spiro atoms. The standard InChI is InChI=1S/C22H38O5S/c1-19(2)14-12-10-8-6-4-3-5-7-9-11-13-15-20-16-21(23)18-22(17-20)27-28(24,25)26/h16-19,23H,3-15H2,1-2H3,(H,24,25,26). The molecule has 0 fully saturated rings. The van der Waals surface area contributed by atoms with Crippen molar-refractivity contribution in [3.63, 3.8) is 0 Å². The van der Waals surface area contributed by atoms with Gasteiger partial charge in [-0.3, -0.25) is 4.55 Å². The molecule has 0 aliphatic heterocycles. The minimum absolute atomic E-state index is 0.0679. The summed E-state index contributed by atoms with van der Waals surface area (Å²) in [5.74, 6) is 0.696. The Morgan fingerprint density at radius 2 is 1.32 bits per heavy atom. The third-order valence-electron chi connectivity index (χ3n) is 4.90. The Bertz CT molecular complexity index is 640. The van der Waals surface area contributed by atoms with Crippen molar-refractivity contribution in [1.82, 2.24) is 0 Å². The summed E-state index contributed by atoms with van der Waals surface area (Å²) < 4.78 is 34.7. The Labute approximate surface area is 171 Å². The molecule has 0 heterocycles. The van der Waals surface area contributed by atoms with Crippen LogP contribution in [0.4, 0.5) is 0 Å². The molecule has 0 saturated carbocycles. The van der Waals surface area contributed by atoms with Crippen LogP contribution in [0.15, 0.2) is 18.2 Å². The SMILES string of the molecule is CC(C)CCCCCCCCCCCCCc1cc(O)cc(OS(=O)(=O)O)c1. The van der Waals surface area contributed by atoms with E-state index < -0.39 is 10.4 Å². The first-order valence-electron chi connectivity index (χ1n) is 10.8. The molecule has 0 radical (unpaired) electrons. The molecule has 1 aromatic carbocycles. The Balaban J connectivity index is 2.04. The molecule has 28 heavy (non-hydrogen) atoms. The summed E-state index contributed by atoms with van der Waals surface area (Å²) in [6, 6.07) is 4.30. The van der Waals surface area contributed by atoms with Gasteiger partial charge in [-0.2, -0.15) is 8.42 Å². The van der Waals surface area contributed by atoms with Crippen molar-refractivity contribution >= 4 is 10.4 Å². The highest BCUT2D eigenvalue weighted by Crippen LogP contribution is 2.24. The van der Waals surface area contributed by atoms with E-state index in [0.29, 0.717) is 0 Å². The molecular weight excluding hydrogens is 376 g/mol. The van der Waals surface area contributed by atoms with Crippen LogP contribution in [0.25, 0.3) is 0 Å². The van der Waals surface area contributed by atoms with Crippen molar-refractivity contribution in [2.45, 2.75) is 97.3 Å². The van der Waals surface area contributed by atoms with Gasteiger partial charge >= 0.3 is 10.4 Å². The van der Waals surface area contributed by atoms with Gasteiger partial charge in [0.05, 0.1) is 0 Å². The second kappa shape index (κ2) is 13.8. The third kappa shape index (κ3) is 13.8. The molecule has 0 aromatic heterocycles. The van der Waals surface area contributed by atoms with E-state index in [1.807, 2.05) is 0 Å². The maximum atomic E-state index is 10.8.